The topological polar surface area (TPSA) is 77.7 Å². The van der Waals surface area contributed by atoms with Gasteiger partial charge in [-0.3, -0.25) is 9.67 Å². The number of rotatable bonds is 10. The zero-order chi connectivity index (χ0) is 25.1. The number of nitrogens with zero attached hydrogens (tertiary/aromatic N) is 4. The van der Waals surface area contributed by atoms with Crippen LogP contribution in [0.3, 0.4) is 0 Å². The van der Waals surface area contributed by atoms with E-state index in [0.717, 1.165) is 41.7 Å². The van der Waals surface area contributed by atoms with Gasteiger partial charge >= 0.3 is 5.69 Å². The highest BCUT2D eigenvalue weighted by atomic mass is 35.5. The van der Waals surface area contributed by atoms with Gasteiger partial charge in [-0.2, -0.15) is 16.9 Å². The first-order valence-corrected chi connectivity index (χ1v) is 13.8. The second-order valence-electron chi connectivity index (χ2n) is 8.40. The number of aromatic nitrogens is 5. The predicted molar refractivity (Wildman–Crippen MR) is 145 cm³/mol. The van der Waals surface area contributed by atoms with E-state index in [0.29, 0.717) is 32.8 Å². The maximum Gasteiger partial charge on any atom is 0.360 e. The largest absolute Gasteiger partial charge is 0.401 e. The Labute approximate surface area is 218 Å². The van der Waals surface area contributed by atoms with Gasteiger partial charge in [-0.1, -0.05) is 43.1 Å². The van der Waals surface area contributed by atoms with Gasteiger partial charge < -0.3 is 4.84 Å². The molecule has 0 bridgehead atoms. The second-order valence-corrected chi connectivity index (χ2v) is 10.2. The fourth-order valence-corrected chi connectivity index (χ4v) is 5.48. The van der Waals surface area contributed by atoms with E-state index >= 15 is 0 Å². The molecule has 0 aliphatic carbocycles. The van der Waals surface area contributed by atoms with Crippen molar-refractivity contribution in [2.75, 3.05) is 12.0 Å². The van der Waals surface area contributed by atoms with Crippen LogP contribution in [0, 0.1) is 0 Å². The molecule has 0 saturated heterocycles. The molecule has 2 atom stereocenters. The normalized spacial score (nSPS) is 13.3. The van der Waals surface area contributed by atoms with Crippen molar-refractivity contribution in [1.29, 1.82) is 0 Å². The Morgan fingerprint density at radius 1 is 1.20 bits per heavy atom. The molecule has 0 aliphatic rings. The maximum atomic E-state index is 12.7. The van der Waals surface area contributed by atoms with Gasteiger partial charge in [-0.15, -0.1) is 4.73 Å². The zero-order valence-corrected chi connectivity index (χ0v) is 22.5. The summed E-state index contributed by atoms with van der Waals surface area (Å²) >= 11 is 14.9. The summed E-state index contributed by atoms with van der Waals surface area (Å²) in [6, 6.07) is 5.93. The van der Waals surface area contributed by atoms with Gasteiger partial charge in [-0.05, 0) is 55.9 Å². The number of H-pyrrole nitrogens is 1. The minimum Gasteiger partial charge on any atom is -0.401 e. The fraction of sp³-hybridized carbons (Fsp3) is 0.400. The summed E-state index contributed by atoms with van der Waals surface area (Å²) in [4.78, 5) is 26.0. The van der Waals surface area contributed by atoms with Gasteiger partial charge in [-0.25, -0.2) is 9.78 Å². The molecule has 0 amide bonds. The minimum absolute atomic E-state index is 0.343. The van der Waals surface area contributed by atoms with Gasteiger partial charge in [0.15, 0.2) is 11.8 Å². The first-order chi connectivity index (χ1) is 16.9. The molecule has 0 spiro atoms. The van der Waals surface area contributed by atoms with Crippen LogP contribution in [0.2, 0.25) is 10.0 Å². The molecule has 0 aliphatic heterocycles. The van der Waals surface area contributed by atoms with Crippen LogP contribution in [0.5, 0.6) is 0 Å². The molecular weight excluding hydrogens is 505 g/mol. The lowest BCUT2D eigenvalue weighted by atomic mass is 10.1. The highest BCUT2D eigenvalue weighted by molar-refractivity contribution is 7.98. The monoisotopic (exact) mass is 533 g/mol. The third kappa shape index (κ3) is 5.25. The summed E-state index contributed by atoms with van der Waals surface area (Å²) in [7, 11) is 0. The van der Waals surface area contributed by atoms with Gasteiger partial charge in [0.2, 0.25) is 0 Å². The van der Waals surface area contributed by atoms with E-state index in [1.54, 1.807) is 12.3 Å². The average molecular weight is 535 g/mol. The average Bonchev–Trinajstić information content (AvgIpc) is 3.44. The molecular formula is C25H29Cl2N5O2S. The lowest BCUT2D eigenvalue weighted by molar-refractivity contribution is 0.0493. The summed E-state index contributed by atoms with van der Waals surface area (Å²) in [5.41, 5.74) is 3.93. The van der Waals surface area contributed by atoms with Crippen LogP contribution in [0.25, 0.3) is 22.3 Å². The van der Waals surface area contributed by atoms with Crippen LogP contribution < -0.4 is 10.5 Å². The summed E-state index contributed by atoms with van der Waals surface area (Å²) in [5, 5.41) is 5.64. The van der Waals surface area contributed by atoms with Crippen molar-refractivity contribution in [3.63, 3.8) is 0 Å². The molecule has 2 unspecified atom stereocenters. The Morgan fingerprint density at radius 3 is 2.71 bits per heavy atom. The van der Waals surface area contributed by atoms with Crippen LogP contribution in [0.4, 0.5) is 0 Å². The van der Waals surface area contributed by atoms with Crippen molar-refractivity contribution in [2.45, 2.75) is 52.2 Å². The van der Waals surface area contributed by atoms with Crippen molar-refractivity contribution in [2.24, 2.45) is 0 Å². The minimum atomic E-state index is -0.564. The van der Waals surface area contributed by atoms with Crippen molar-refractivity contribution in [3.8, 4) is 11.1 Å². The van der Waals surface area contributed by atoms with Crippen molar-refractivity contribution < 1.29 is 4.84 Å². The molecule has 3 aromatic heterocycles. The molecule has 3 heterocycles. The Morgan fingerprint density at radius 2 is 2.00 bits per heavy atom. The third-order valence-corrected chi connectivity index (χ3v) is 7.61. The molecule has 4 aromatic rings. The van der Waals surface area contributed by atoms with Crippen LogP contribution >= 0.6 is 35.0 Å². The number of hydrogen-bond donors (Lipinski definition) is 1. The maximum absolute atomic E-state index is 12.7. The highest BCUT2D eigenvalue weighted by Crippen LogP contribution is 2.34. The van der Waals surface area contributed by atoms with Gasteiger partial charge in [0.25, 0.3) is 0 Å². The number of aryl methyl sites for hydroxylation is 1. The number of nitrogens with one attached hydrogen (secondary N) is 1. The van der Waals surface area contributed by atoms with E-state index in [-0.39, 0.29) is 0 Å². The van der Waals surface area contributed by atoms with E-state index in [1.807, 2.05) is 54.8 Å². The van der Waals surface area contributed by atoms with E-state index < -0.39 is 11.8 Å². The van der Waals surface area contributed by atoms with Crippen LogP contribution in [0.15, 0.2) is 41.6 Å². The number of hydrogen-bond acceptors (Lipinski definition) is 5. The molecule has 10 heteroatoms. The number of imidazole rings is 1. The van der Waals surface area contributed by atoms with Crippen LogP contribution in [-0.4, -0.2) is 36.5 Å². The molecule has 0 saturated carbocycles. The van der Waals surface area contributed by atoms with Crippen LogP contribution in [0.1, 0.15) is 56.9 Å². The smallest absolute Gasteiger partial charge is 0.360 e. The Bertz CT molecular complexity index is 1380. The van der Waals surface area contributed by atoms with E-state index in [4.69, 9.17) is 28.0 Å². The summed E-state index contributed by atoms with van der Waals surface area (Å²) < 4.78 is 3.24. The number of benzene rings is 1. The van der Waals surface area contributed by atoms with E-state index in [2.05, 4.69) is 28.2 Å². The summed E-state index contributed by atoms with van der Waals surface area (Å²) in [6.45, 7) is 6.01. The molecule has 1 N–H and O–H groups in total. The summed E-state index contributed by atoms with van der Waals surface area (Å²) in [5.74, 6) is 1.08. The molecule has 0 fully saturated rings. The number of halogens is 2. The standard InChI is InChI=1S/C25H29Cl2N5O2S/c1-5-16-7-8-20(26)22(23(16)27)15(3)34-32-21-11-17(12-28-24(21)30-25(32)33)18-13-29-31(14-18)19(6-2)9-10-35-4/h7-8,11-15,19H,5-6,9-10H2,1-4H3,(H,28,30,33). The molecule has 7 nitrogen and oxygen atoms in total. The van der Waals surface area contributed by atoms with Gasteiger partial charge in [0, 0.05) is 34.1 Å². The lowest BCUT2D eigenvalue weighted by Crippen LogP contribution is -2.26. The third-order valence-electron chi connectivity index (χ3n) is 6.19. The highest BCUT2D eigenvalue weighted by Gasteiger charge is 2.21. The molecule has 186 valence electrons. The fourth-order valence-electron chi connectivity index (χ4n) is 4.16. The Balaban J connectivity index is 1.67. The van der Waals surface area contributed by atoms with Gasteiger partial charge in [0.05, 0.1) is 17.3 Å². The Hall–Kier alpha value is -2.42. The van der Waals surface area contributed by atoms with E-state index in [9.17, 15) is 4.79 Å². The molecule has 1 aromatic carbocycles. The number of fused-ring (bicyclic) bond motifs is 1. The van der Waals surface area contributed by atoms with Crippen molar-refractivity contribution >= 4 is 46.1 Å². The second kappa shape index (κ2) is 11.1. The summed E-state index contributed by atoms with van der Waals surface area (Å²) in [6.07, 6.45) is 9.98. The van der Waals surface area contributed by atoms with Gasteiger partial charge in [0.1, 0.15) is 5.52 Å². The SMILES string of the molecule is CCc1ccc(Cl)c(C(C)On2c(=O)[nH]c3ncc(-c4cnn(C(CC)CCSC)c4)cc32)c1Cl. The van der Waals surface area contributed by atoms with E-state index in [1.165, 1.54) is 4.73 Å². The first-order valence-electron chi connectivity index (χ1n) is 11.7. The molecule has 0 radical (unpaired) electrons. The molecule has 35 heavy (non-hydrogen) atoms. The Kier molecular flexibility index (Phi) is 8.14. The quantitative estimate of drug-likeness (QED) is 0.257. The van der Waals surface area contributed by atoms with Crippen molar-refractivity contribution in [3.05, 3.63) is 68.4 Å². The zero-order valence-electron chi connectivity index (χ0n) is 20.2. The van der Waals surface area contributed by atoms with Crippen molar-refractivity contribution in [1.82, 2.24) is 24.5 Å². The predicted octanol–water partition coefficient (Wildman–Crippen LogP) is 6.35. The first kappa shape index (κ1) is 25.7. The van der Waals surface area contributed by atoms with Crippen LogP contribution in [-0.2, 0) is 6.42 Å². The molecule has 4 rings (SSSR count). The number of aromatic amines is 1. The lowest BCUT2D eigenvalue weighted by Gasteiger charge is -2.19. The number of pyridine rings is 1. The number of thioether (sulfide) groups is 1.